The Labute approximate surface area is 124 Å². The molecular formula is C15H18N2S2. The minimum atomic E-state index is 0.691. The molecule has 0 unspecified atom stereocenters. The van der Waals surface area contributed by atoms with Crippen molar-refractivity contribution in [1.82, 2.24) is 5.32 Å². The van der Waals surface area contributed by atoms with Gasteiger partial charge in [0.05, 0.1) is 0 Å². The van der Waals surface area contributed by atoms with Crippen LogP contribution in [0.15, 0.2) is 42.5 Å². The predicted octanol–water partition coefficient (Wildman–Crippen LogP) is 3.88. The van der Waals surface area contributed by atoms with Crippen molar-refractivity contribution in [3.8, 4) is 0 Å². The van der Waals surface area contributed by atoms with E-state index in [-0.39, 0.29) is 0 Å². The lowest BCUT2D eigenvalue weighted by Gasteiger charge is -2.10. The molecule has 0 atom stereocenters. The molecule has 2 rings (SSSR count). The maximum atomic E-state index is 5.28. The fraction of sp³-hybridized carbons (Fsp3) is 0.267. The molecule has 4 heteroatoms. The molecule has 0 radical (unpaired) electrons. The molecule has 0 aromatic heterocycles. The van der Waals surface area contributed by atoms with Gasteiger partial charge < -0.3 is 10.6 Å². The fourth-order valence-electron chi connectivity index (χ4n) is 1.86. The van der Waals surface area contributed by atoms with Gasteiger partial charge in [-0.05, 0) is 53.6 Å². The first-order valence-electron chi connectivity index (χ1n) is 6.32. The van der Waals surface area contributed by atoms with Crippen LogP contribution in [0, 0.1) is 0 Å². The zero-order valence-electron chi connectivity index (χ0n) is 11.0. The van der Waals surface area contributed by atoms with Crippen LogP contribution in [0.1, 0.15) is 6.42 Å². The number of hydrogen-bond donors (Lipinski definition) is 2. The zero-order valence-corrected chi connectivity index (χ0v) is 12.6. The van der Waals surface area contributed by atoms with Crippen molar-refractivity contribution in [3.63, 3.8) is 0 Å². The quantitative estimate of drug-likeness (QED) is 0.644. The van der Waals surface area contributed by atoms with Crippen LogP contribution in [0.5, 0.6) is 0 Å². The summed E-state index contributed by atoms with van der Waals surface area (Å²) in [6.45, 7) is 0.917. The number of thioether (sulfide) groups is 1. The molecule has 2 aromatic rings. The highest BCUT2D eigenvalue weighted by molar-refractivity contribution is 7.98. The molecule has 0 spiro atoms. The van der Waals surface area contributed by atoms with Crippen LogP contribution < -0.4 is 10.6 Å². The third-order valence-corrected chi connectivity index (χ3v) is 3.76. The first-order chi connectivity index (χ1) is 9.29. The predicted molar refractivity (Wildman–Crippen MR) is 91.2 cm³/mol. The molecule has 100 valence electrons. The molecule has 0 bridgehead atoms. The van der Waals surface area contributed by atoms with Gasteiger partial charge in [-0.25, -0.2) is 0 Å². The zero-order chi connectivity index (χ0) is 13.5. The Hall–Kier alpha value is -1.26. The Morgan fingerprint density at radius 3 is 2.74 bits per heavy atom. The summed E-state index contributed by atoms with van der Waals surface area (Å²) in [5, 5.41) is 9.60. The molecule has 0 aliphatic heterocycles. The number of nitrogens with one attached hydrogen (secondary N) is 2. The molecule has 0 heterocycles. The Bertz CT molecular complexity index is 555. The molecule has 19 heavy (non-hydrogen) atoms. The third-order valence-electron chi connectivity index (χ3n) is 2.82. The second-order valence-electron chi connectivity index (χ2n) is 4.29. The highest BCUT2D eigenvalue weighted by Gasteiger charge is 1.98. The minimum Gasteiger partial charge on any atom is -0.362 e. The van der Waals surface area contributed by atoms with Gasteiger partial charge in [-0.3, -0.25) is 0 Å². The van der Waals surface area contributed by atoms with Crippen molar-refractivity contribution in [2.24, 2.45) is 0 Å². The summed E-state index contributed by atoms with van der Waals surface area (Å²) in [6, 6.07) is 14.6. The van der Waals surface area contributed by atoms with E-state index in [1.807, 2.05) is 23.9 Å². The van der Waals surface area contributed by atoms with Crippen molar-refractivity contribution in [2.75, 3.05) is 23.9 Å². The van der Waals surface area contributed by atoms with Gasteiger partial charge in [-0.15, -0.1) is 0 Å². The number of thiocarbonyl (C=S) groups is 1. The van der Waals surface area contributed by atoms with Gasteiger partial charge in [-0.1, -0.05) is 30.3 Å². The molecule has 0 aliphatic carbocycles. The number of benzene rings is 2. The molecule has 0 aliphatic rings. The first-order valence-corrected chi connectivity index (χ1v) is 8.12. The van der Waals surface area contributed by atoms with Gasteiger partial charge in [0, 0.05) is 12.2 Å². The van der Waals surface area contributed by atoms with E-state index in [4.69, 9.17) is 12.2 Å². The van der Waals surface area contributed by atoms with Crippen molar-refractivity contribution in [1.29, 1.82) is 0 Å². The van der Waals surface area contributed by atoms with Gasteiger partial charge in [0.1, 0.15) is 0 Å². The Balaban J connectivity index is 1.91. The van der Waals surface area contributed by atoms with Crippen molar-refractivity contribution >= 4 is 45.6 Å². The van der Waals surface area contributed by atoms with E-state index >= 15 is 0 Å². The summed E-state index contributed by atoms with van der Waals surface area (Å²) < 4.78 is 0. The van der Waals surface area contributed by atoms with Crippen LogP contribution in [0.2, 0.25) is 0 Å². The number of hydrogen-bond acceptors (Lipinski definition) is 2. The first kappa shape index (κ1) is 14.2. The van der Waals surface area contributed by atoms with Crippen LogP contribution in [0.3, 0.4) is 0 Å². The van der Waals surface area contributed by atoms with E-state index in [1.165, 1.54) is 10.8 Å². The molecule has 2 N–H and O–H groups in total. The lowest BCUT2D eigenvalue weighted by atomic mass is 10.1. The number of rotatable bonds is 5. The molecule has 2 nitrogen and oxygen atoms in total. The van der Waals surface area contributed by atoms with E-state index < -0.39 is 0 Å². The Morgan fingerprint density at radius 2 is 1.95 bits per heavy atom. The van der Waals surface area contributed by atoms with E-state index in [0.29, 0.717) is 5.11 Å². The van der Waals surface area contributed by atoms with Crippen molar-refractivity contribution in [2.45, 2.75) is 6.42 Å². The minimum absolute atomic E-state index is 0.691. The highest BCUT2D eigenvalue weighted by Crippen LogP contribution is 2.18. The number of anilines is 1. The maximum Gasteiger partial charge on any atom is 0.170 e. The topological polar surface area (TPSA) is 24.1 Å². The van der Waals surface area contributed by atoms with Gasteiger partial charge in [-0.2, -0.15) is 11.8 Å². The molecule has 2 aromatic carbocycles. The SMILES string of the molecule is CSCCCNC(=S)Nc1ccc2ccccc2c1. The van der Waals surface area contributed by atoms with Gasteiger partial charge >= 0.3 is 0 Å². The lowest BCUT2D eigenvalue weighted by molar-refractivity contribution is 0.855. The summed E-state index contributed by atoms with van der Waals surface area (Å²) >= 11 is 7.13. The average Bonchev–Trinajstić information content (AvgIpc) is 2.43. The van der Waals surface area contributed by atoms with Crippen LogP contribution >= 0.6 is 24.0 Å². The van der Waals surface area contributed by atoms with E-state index in [1.54, 1.807) is 0 Å². The Kier molecular flexibility index (Phi) is 5.48. The third kappa shape index (κ3) is 4.40. The van der Waals surface area contributed by atoms with Crippen LogP contribution in [0.4, 0.5) is 5.69 Å². The summed E-state index contributed by atoms with van der Waals surface area (Å²) in [5.41, 5.74) is 1.03. The molecule has 0 saturated carbocycles. The lowest BCUT2D eigenvalue weighted by Crippen LogP contribution is -2.29. The van der Waals surface area contributed by atoms with Gasteiger partial charge in [0.2, 0.25) is 0 Å². The average molecular weight is 290 g/mol. The highest BCUT2D eigenvalue weighted by atomic mass is 32.2. The second kappa shape index (κ2) is 7.36. The van der Waals surface area contributed by atoms with Crippen molar-refractivity contribution in [3.05, 3.63) is 42.5 Å². The number of fused-ring (bicyclic) bond motifs is 1. The normalized spacial score (nSPS) is 10.4. The smallest absolute Gasteiger partial charge is 0.170 e. The van der Waals surface area contributed by atoms with E-state index in [0.717, 1.165) is 24.4 Å². The summed E-state index contributed by atoms with van der Waals surface area (Å²) in [5.74, 6) is 1.16. The fourth-order valence-corrected chi connectivity index (χ4v) is 2.51. The summed E-state index contributed by atoms with van der Waals surface area (Å²) in [7, 11) is 0. The van der Waals surface area contributed by atoms with Crippen LogP contribution in [0.25, 0.3) is 10.8 Å². The summed E-state index contributed by atoms with van der Waals surface area (Å²) in [6.07, 6.45) is 3.24. The van der Waals surface area contributed by atoms with Crippen molar-refractivity contribution < 1.29 is 0 Å². The standard InChI is InChI=1S/C15H18N2S2/c1-19-10-4-9-16-15(18)17-14-8-7-12-5-2-3-6-13(12)11-14/h2-3,5-8,11H,4,9-10H2,1H3,(H2,16,17,18). The van der Waals surface area contributed by atoms with Crippen LogP contribution in [-0.2, 0) is 0 Å². The molecular weight excluding hydrogens is 272 g/mol. The second-order valence-corrected chi connectivity index (χ2v) is 5.68. The monoisotopic (exact) mass is 290 g/mol. The van der Waals surface area contributed by atoms with Gasteiger partial charge in [0.25, 0.3) is 0 Å². The largest absolute Gasteiger partial charge is 0.362 e. The van der Waals surface area contributed by atoms with E-state index in [9.17, 15) is 0 Å². The maximum absolute atomic E-state index is 5.28. The molecule has 0 fully saturated rings. The molecule has 0 amide bonds. The summed E-state index contributed by atoms with van der Waals surface area (Å²) in [4.78, 5) is 0. The van der Waals surface area contributed by atoms with E-state index in [2.05, 4.69) is 47.2 Å². The molecule has 0 saturated heterocycles. The van der Waals surface area contributed by atoms with Crippen LogP contribution in [-0.4, -0.2) is 23.7 Å². The Morgan fingerprint density at radius 1 is 1.16 bits per heavy atom. The van der Waals surface area contributed by atoms with Gasteiger partial charge in [0.15, 0.2) is 5.11 Å².